The molecular weight excluding hydrogens is 290 g/mol. The van der Waals surface area contributed by atoms with Crippen LogP contribution in [0.2, 0.25) is 0 Å². The Morgan fingerprint density at radius 2 is 1.78 bits per heavy atom. The number of carboxylic acids is 1. The minimum atomic E-state index is -0.585. The first kappa shape index (κ1) is 15.5. The highest BCUT2D eigenvalue weighted by molar-refractivity contribution is 5.77. The zero-order valence-electron chi connectivity index (χ0n) is 14.3. The number of hydrogen-bond donors (Lipinski definition) is 2. The van der Waals surface area contributed by atoms with Crippen molar-refractivity contribution in [3.05, 3.63) is 0 Å². The molecule has 3 aliphatic carbocycles. The second-order valence-corrected chi connectivity index (χ2v) is 9.09. The number of amides is 1. The molecule has 0 spiro atoms. The second-order valence-electron chi connectivity index (χ2n) is 9.09. The predicted octanol–water partition coefficient (Wildman–Crippen LogP) is 3.21. The van der Waals surface area contributed by atoms with E-state index in [0.717, 1.165) is 44.9 Å². The summed E-state index contributed by atoms with van der Waals surface area (Å²) in [4.78, 5) is 23.5. The van der Waals surface area contributed by atoms with Gasteiger partial charge in [-0.15, -0.1) is 0 Å². The number of carbonyl (C=O) groups is 2. The van der Waals surface area contributed by atoms with Gasteiger partial charge in [0.2, 0.25) is 5.91 Å². The monoisotopic (exact) mass is 319 g/mol. The molecule has 7 atom stereocenters. The van der Waals surface area contributed by atoms with Gasteiger partial charge in [-0.3, -0.25) is 9.59 Å². The van der Waals surface area contributed by atoms with Crippen LogP contribution in [0.3, 0.4) is 0 Å². The zero-order valence-corrected chi connectivity index (χ0v) is 14.3. The first-order valence-corrected chi connectivity index (χ1v) is 9.38. The fourth-order valence-electron chi connectivity index (χ4n) is 7.11. The molecule has 128 valence electrons. The fraction of sp³-hybridized carbons (Fsp3) is 0.895. The molecule has 0 aromatic carbocycles. The van der Waals surface area contributed by atoms with Gasteiger partial charge in [0, 0.05) is 12.5 Å². The van der Waals surface area contributed by atoms with Gasteiger partial charge in [-0.2, -0.15) is 0 Å². The molecule has 3 saturated carbocycles. The summed E-state index contributed by atoms with van der Waals surface area (Å²) >= 11 is 0. The molecule has 4 fully saturated rings. The highest BCUT2D eigenvalue weighted by Gasteiger charge is 2.61. The number of carboxylic acid groups (broad SMARTS) is 1. The molecule has 1 aliphatic heterocycles. The third-order valence-electron chi connectivity index (χ3n) is 8.39. The Morgan fingerprint density at radius 3 is 2.52 bits per heavy atom. The number of fused-ring (bicyclic) bond motifs is 5. The molecule has 2 N–H and O–H groups in total. The molecular formula is C19H29NO3. The minimum absolute atomic E-state index is 0.00584. The standard InChI is InChI=1S/C19H29NO3/c1-18-9-7-13-11(12(18)4-5-14(18)17(22)23)3-6-15-19(13,2)10-8-16(21)20-15/h11-15H,3-10H2,1-2H3,(H,20,21)(H,22,23)/t11-,12-,13+,14?,15?,18-,19+/m0/s1. The second kappa shape index (κ2) is 4.97. The molecule has 4 rings (SSSR count). The number of piperidine rings is 1. The van der Waals surface area contributed by atoms with Crippen LogP contribution in [0.5, 0.6) is 0 Å². The number of nitrogens with one attached hydrogen (secondary N) is 1. The molecule has 4 aliphatic rings. The summed E-state index contributed by atoms with van der Waals surface area (Å²) in [5.41, 5.74) is 0.216. The third kappa shape index (κ3) is 2.02. The molecule has 0 aromatic rings. The van der Waals surface area contributed by atoms with Crippen molar-refractivity contribution < 1.29 is 14.7 Å². The van der Waals surface area contributed by atoms with E-state index in [1.165, 1.54) is 0 Å². The maximum atomic E-state index is 11.8. The predicted molar refractivity (Wildman–Crippen MR) is 86.7 cm³/mol. The van der Waals surface area contributed by atoms with Crippen LogP contribution in [-0.2, 0) is 9.59 Å². The number of aliphatic carboxylic acids is 1. The van der Waals surface area contributed by atoms with Gasteiger partial charge in [-0.1, -0.05) is 13.8 Å². The summed E-state index contributed by atoms with van der Waals surface area (Å²) in [5, 5.41) is 12.9. The smallest absolute Gasteiger partial charge is 0.307 e. The van der Waals surface area contributed by atoms with E-state index in [-0.39, 0.29) is 22.7 Å². The quantitative estimate of drug-likeness (QED) is 0.780. The Labute approximate surface area is 138 Å². The fourth-order valence-corrected chi connectivity index (χ4v) is 7.11. The van der Waals surface area contributed by atoms with Crippen molar-refractivity contribution in [3.63, 3.8) is 0 Å². The average Bonchev–Trinajstić information content (AvgIpc) is 2.85. The summed E-state index contributed by atoms with van der Waals surface area (Å²) in [6, 6.07) is 0.339. The molecule has 1 heterocycles. The number of rotatable bonds is 1. The summed E-state index contributed by atoms with van der Waals surface area (Å²) in [7, 11) is 0. The van der Waals surface area contributed by atoms with Crippen molar-refractivity contribution in [2.45, 2.75) is 71.3 Å². The molecule has 4 nitrogen and oxygen atoms in total. The maximum absolute atomic E-state index is 11.8. The van der Waals surface area contributed by atoms with Crippen LogP contribution < -0.4 is 5.32 Å². The highest BCUT2D eigenvalue weighted by atomic mass is 16.4. The van der Waals surface area contributed by atoms with Crippen LogP contribution in [0, 0.1) is 34.5 Å². The third-order valence-corrected chi connectivity index (χ3v) is 8.39. The topological polar surface area (TPSA) is 66.4 Å². The van der Waals surface area contributed by atoms with E-state index >= 15 is 0 Å². The van der Waals surface area contributed by atoms with Crippen LogP contribution >= 0.6 is 0 Å². The lowest BCUT2D eigenvalue weighted by Crippen LogP contribution is -2.61. The van der Waals surface area contributed by atoms with Gasteiger partial charge in [-0.05, 0) is 73.5 Å². The van der Waals surface area contributed by atoms with E-state index in [1.807, 2.05) is 0 Å². The van der Waals surface area contributed by atoms with E-state index in [1.54, 1.807) is 0 Å². The normalized spacial score (nSPS) is 52.1. The molecule has 4 heteroatoms. The molecule has 1 amide bonds. The van der Waals surface area contributed by atoms with Gasteiger partial charge in [0.05, 0.1) is 5.92 Å². The summed E-state index contributed by atoms with van der Waals surface area (Å²) < 4.78 is 0. The first-order chi connectivity index (χ1) is 10.9. The van der Waals surface area contributed by atoms with Crippen LogP contribution in [0.25, 0.3) is 0 Å². The van der Waals surface area contributed by atoms with E-state index in [0.29, 0.717) is 30.2 Å². The highest BCUT2D eigenvalue weighted by Crippen LogP contribution is 2.65. The maximum Gasteiger partial charge on any atom is 0.307 e. The van der Waals surface area contributed by atoms with Crippen molar-refractivity contribution in [1.29, 1.82) is 0 Å². The van der Waals surface area contributed by atoms with Crippen molar-refractivity contribution in [3.8, 4) is 0 Å². The van der Waals surface area contributed by atoms with Gasteiger partial charge < -0.3 is 10.4 Å². The average molecular weight is 319 g/mol. The van der Waals surface area contributed by atoms with Crippen LogP contribution in [0.15, 0.2) is 0 Å². The van der Waals surface area contributed by atoms with E-state index in [9.17, 15) is 14.7 Å². The number of carbonyl (C=O) groups excluding carboxylic acids is 1. The van der Waals surface area contributed by atoms with Crippen LogP contribution in [-0.4, -0.2) is 23.0 Å². The Bertz CT molecular complexity index is 547. The van der Waals surface area contributed by atoms with Crippen LogP contribution in [0.4, 0.5) is 0 Å². The van der Waals surface area contributed by atoms with Gasteiger partial charge >= 0.3 is 5.97 Å². The summed E-state index contributed by atoms with van der Waals surface area (Å²) in [6.07, 6.45) is 8.05. The molecule has 0 bridgehead atoms. The first-order valence-electron chi connectivity index (χ1n) is 9.38. The lowest BCUT2D eigenvalue weighted by molar-refractivity contribution is -0.152. The van der Waals surface area contributed by atoms with Crippen molar-refractivity contribution in [2.75, 3.05) is 0 Å². The molecule has 2 unspecified atom stereocenters. The Kier molecular flexibility index (Phi) is 3.34. The van der Waals surface area contributed by atoms with Gasteiger partial charge in [0.25, 0.3) is 0 Å². The van der Waals surface area contributed by atoms with Crippen molar-refractivity contribution in [1.82, 2.24) is 5.32 Å². The lowest BCUT2D eigenvalue weighted by atomic mass is 9.47. The van der Waals surface area contributed by atoms with E-state index in [4.69, 9.17) is 0 Å². The van der Waals surface area contributed by atoms with Gasteiger partial charge in [0.15, 0.2) is 0 Å². The lowest BCUT2D eigenvalue weighted by Gasteiger charge is -2.60. The largest absolute Gasteiger partial charge is 0.481 e. The zero-order chi connectivity index (χ0) is 16.4. The summed E-state index contributed by atoms with van der Waals surface area (Å²) in [5.74, 6) is 1.38. The SMILES string of the molecule is C[C@]12CCC(=O)NC1CC[C@@H]1[C@H]2CC[C@]2(C)C(C(=O)O)CC[C@@H]12. The molecule has 0 radical (unpaired) electrons. The van der Waals surface area contributed by atoms with Crippen LogP contribution in [0.1, 0.15) is 65.2 Å². The number of hydrogen-bond acceptors (Lipinski definition) is 2. The molecule has 0 aromatic heterocycles. The van der Waals surface area contributed by atoms with Crippen molar-refractivity contribution in [2.24, 2.45) is 34.5 Å². The Morgan fingerprint density at radius 1 is 1.04 bits per heavy atom. The van der Waals surface area contributed by atoms with Gasteiger partial charge in [-0.25, -0.2) is 0 Å². The van der Waals surface area contributed by atoms with E-state index < -0.39 is 5.97 Å². The van der Waals surface area contributed by atoms with E-state index in [2.05, 4.69) is 19.2 Å². The van der Waals surface area contributed by atoms with Crippen molar-refractivity contribution >= 4 is 11.9 Å². The Hall–Kier alpha value is -1.06. The Balaban J connectivity index is 1.63. The molecule has 23 heavy (non-hydrogen) atoms. The summed E-state index contributed by atoms with van der Waals surface area (Å²) in [6.45, 7) is 4.64. The molecule has 1 saturated heterocycles. The van der Waals surface area contributed by atoms with Gasteiger partial charge in [0.1, 0.15) is 0 Å². The minimum Gasteiger partial charge on any atom is -0.481 e.